The van der Waals surface area contributed by atoms with E-state index in [1.54, 1.807) is 12.5 Å². The smallest absolute Gasteiger partial charge is 0.180 e. The van der Waals surface area contributed by atoms with E-state index >= 15 is 0 Å². The van der Waals surface area contributed by atoms with Gasteiger partial charge in [-0.05, 0) is 24.7 Å². The number of fused-ring (bicyclic) bond motifs is 1. The molecular formula is C20H29N5O2. The second-order valence-electron chi connectivity index (χ2n) is 8.48. The molecule has 0 amide bonds. The zero-order valence-corrected chi connectivity index (χ0v) is 16.7. The number of aliphatic hydroxyl groups excluding tert-OH is 1. The highest BCUT2D eigenvalue weighted by atomic mass is 16.3. The van der Waals surface area contributed by atoms with Crippen LogP contribution in [0.1, 0.15) is 44.9 Å². The lowest BCUT2D eigenvalue weighted by Gasteiger charge is -2.23. The van der Waals surface area contributed by atoms with Gasteiger partial charge in [0, 0.05) is 31.3 Å². The fourth-order valence-corrected chi connectivity index (χ4v) is 3.62. The SMILES string of the molecule is CN(CC(=O)CC(C)(C)C)c1nc(-c2cncn2CCO)nc2c1CCC2. The molecule has 0 bridgehead atoms. The van der Waals surface area contributed by atoms with Gasteiger partial charge in [-0.1, -0.05) is 20.8 Å². The molecule has 1 N–H and O–H groups in total. The van der Waals surface area contributed by atoms with E-state index in [2.05, 4.69) is 25.8 Å². The average Bonchev–Trinajstić information content (AvgIpc) is 3.20. The number of likely N-dealkylation sites (N-methyl/N-ethyl adjacent to an activating group) is 1. The van der Waals surface area contributed by atoms with Gasteiger partial charge in [-0.2, -0.15) is 0 Å². The van der Waals surface area contributed by atoms with E-state index in [4.69, 9.17) is 9.97 Å². The maximum Gasteiger partial charge on any atom is 0.180 e. The minimum absolute atomic E-state index is 0.0203. The van der Waals surface area contributed by atoms with Gasteiger partial charge >= 0.3 is 0 Å². The number of aryl methyl sites for hydroxylation is 1. The highest BCUT2D eigenvalue weighted by molar-refractivity contribution is 5.84. The third-order valence-corrected chi connectivity index (χ3v) is 4.70. The minimum Gasteiger partial charge on any atom is -0.395 e. The molecule has 2 heterocycles. The number of Topliss-reactive ketones (excluding diaryl/α,β-unsaturated/α-hetero) is 1. The van der Waals surface area contributed by atoms with Crippen LogP contribution in [0.5, 0.6) is 0 Å². The van der Waals surface area contributed by atoms with E-state index in [0.29, 0.717) is 25.3 Å². The third kappa shape index (κ3) is 4.53. The van der Waals surface area contributed by atoms with Crippen molar-refractivity contribution in [2.24, 2.45) is 5.41 Å². The highest BCUT2D eigenvalue weighted by Crippen LogP contribution is 2.31. The first-order valence-electron chi connectivity index (χ1n) is 9.52. The normalized spacial score (nSPS) is 13.7. The second-order valence-corrected chi connectivity index (χ2v) is 8.48. The number of aliphatic hydroxyl groups is 1. The van der Waals surface area contributed by atoms with Gasteiger partial charge in [0.1, 0.15) is 11.5 Å². The molecule has 146 valence electrons. The number of anilines is 1. The molecule has 0 aromatic carbocycles. The van der Waals surface area contributed by atoms with Crippen molar-refractivity contribution in [3.05, 3.63) is 23.8 Å². The standard InChI is InChI=1S/C20H29N5O2/c1-20(2,3)10-14(27)12-24(4)19-15-6-5-7-16(15)22-18(23-19)17-11-21-13-25(17)8-9-26/h11,13,26H,5-10,12H2,1-4H3. The molecule has 0 radical (unpaired) electrons. The molecule has 1 aliphatic carbocycles. The monoisotopic (exact) mass is 371 g/mol. The summed E-state index contributed by atoms with van der Waals surface area (Å²) >= 11 is 0. The topological polar surface area (TPSA) is 84.1 Å². The van der Waals surface area contributed by atoms with Crippen molar-refractivity contribution in [3.63, 3.8) is 0 Å². The fraction of sp³-hybridized carbons (Fsp3) is 0.600. The quantitative estimate of drug-likeness (QED) is 0.804. The fourth-order valence-electron chi connectivity index (χ4n) is 3.62. The summed E-state index contributed by atoms with van der Waals surface area (Å²) in [5.74, 6) is 1.65. The van der Waals surface area contributed by atoms with E-state index in [1.807, 2.05) is 16.5 Å². The number of carbonyl (C=O) groups is 1. The molecule has 0 unspecified atom stereocenters. The molecule has 2 aromatic rings. The number of nitrogens with zero attached hydrogens (tertiary/aromatic N) is 5. The summed E-state index contributed by atoms with van der Waals surface area (Å²) in [6.45, 7) is 7.05. The van der Waals surface area contributed by atoms with E-state index < -0.39 is 0 Å². The zero-order chi connectivity index (χ0) is 19.6. The number of rotatable bonds is 7. The number of aromatic nitrogens is 4. The molecule has 1 aliphatic rings. The molecule has 7 heteroatoms. The van der Waals surface area contributed by atoms with Crippen LogP contribution >= 0.6 is 0 Å². The molecule has 0 aliphatic heterocycles. The Hall–Kier alpha value is -2.28. The average molecular weight is 371 g/mol. The Morgan fingerprint density at radius 1 is 1.30 bits per heavy atom. The lowest BCUT2D eigenvalue weighted by molar-refractivity contribution is -0.119. The highest BCUT2D eigenvalue weighted by Gasteiger charge is 2.25. The van der Waals surface area contributed by atoms with Crippen LogP contribution < -0.4 is 4.90 Å². The van der Waals surface area contributed by atoms with Crippen LogP contribution in [0.3, 0.4) is 0 Å². The van der Waals surface area contributed by atoms with Crippen LogP contribution in [0.25, 0.3) is 11.5 Å². The zero-order valence-electron chi connectivity index (χ0n) is 16.7. The summed E-state index contributed by atoms with van der Waals surface area (Å²) < 4.78 is 1.85. The van der Waals surface area contributed by atoms with Gasteiger partial charge in [0.15, 0.2) is 11.6 Å². The van der Waals surface area contributed by atoms with E-state index in [0.717, 1.165) is 42.0 Å². The van der Waals surface area contributed by atoms with Crippen LogP contribution in [-0.4, -0.2) is 50.6 Å². The molecule has 0 saturated heterocycles. The summed E-state index contributed by atoms with van der Waals surface area (Å²) in [4.78, 5) is 28.2. The Balaban J connectivity index is 1.92. The summed E-state index contributed by atoms with van der Waals surface area (Å²) in [7, 11) is 1.93. The first kappa shape index (κ1) is 19.5. The van der Waals surface area contributed by atoms with Crippen LogP contribution in [0, 0.1) is 5.41 Å². The molecule has 0 fully saturated rings. The van der Waals surface area contributed by atoms with Crippen LogP contribution in [0.4, 0.5) is 5.82 Å². The van der Waals surface area contributed by atoms with Gasteiger partial charge in [-0.15, -0.1) is 0 Å². The lowest BCUT2D eigenvalue weighted by atomic mass is 9.90. The molecule has 0 spiro atoms. The van der Waals surface area contributed by atoms with Gasteiger partial charge < -0.3 is 14.6 Å². The third-order valence-electron chi connectivity index (χ3n) is 4.70. The predicted molar refractivity (Wildman–Crippen MR) is 105 cm³/mol. The Bertz CT molecular complexity index is 822. The van der Waals surface area contributed by atoms with Crippen LogP contribution in [0.2, 0.25) is 0 Å². The maximum atomic E-state index is 12.5. The number of carbonyl (C=O) groups excluding carboxylic acids is 1. The maximum absolute atomic E-state index is 12.5. The molecular weight excluding hydrogens is 342 g/mol. The largest absolute Gasteiger partial charge is 0.395 e. The van der Waals surface area contributed by atoms with Crippen molar-refractivity contribution in [1.82, 2.24) is 19.5 Å². The van der Waals surface area contributed by atoms with E-state index in [-0.39, 0.29) is 17.8 Å². The molecule has 0 atom stereocenters. The van der Waals surface area contributed by atoms with E-state index in [1.165, 1.54) is 0 Å². The van der Waals surface area contributed by atoms with Crippen molar-refractivity contribution >= 4 is 11.6 Å². The number of hydrogen-bond acceptors (Lipinski definition) is 6. The van der Waals surface area contributed by atoms with Gasteiger partial charge in [-0.3, -0.25) is 4.79 Å². The first-order valence-corrected chi connectivity index (χ1v) is 9.52. The lowest BCUT2D eigenvalue weighted by Crippen LogP contribution is -2.30. The second kappa shape index (κ2) is 7.76. The number of ketones is 1. The van der Waals surface area contributed by atoms with Crippen molar-refractivity contribution in [3.8, 4) is 11.5 Å². The predicted octanol–water partition coefficient (Wildman–Crippen LogP) is 2.26. The van der Waals surface area contributed by atoms with Crippen LogP contribution in [-0.2, 0) is 24.2 Å². The summed E-state index contributed by atoms with van der Waals surface area (Å²) in [5, 5.41) is 9.26. The van der Waals surface area contributed by atoms with Gasteiger partial charge in [0.25, 0.3) is 0 Å². The van der Waals surface area contributed by atoms with Crippen molar-refractivity contribution < 1.29 is 9.90 Å². The van der Waals surface area contributed by atoms with E-state index in [9.17, 15) is 9.90 Å². The molecule has 3 rings (SSSR count). The Morgan fingerprint density at radius 2 is 2.07 bits per heavy atom. The molecule has 2 aromatic heterocycles. The summed E-state index contributed by atoms with van der Waals surface area (Å²) in [6.07, 6.45) is 6.87. The van der Waals surface area contributed by atoms with Gasteiger partial charge in [0.05, 0.1) is 25.7 Å². The van der Waals surface area contributed by atoms with Gasteiger partial charge in [-0.25, -0.2) is 15.0 Å². The van der Waals surface area contributed by atoms with Crippen LogP contribution in [0.15, 0.2) is 12.5 Å². The molecule has 7 nitrogen and oxygen atoms in total. The van der Waals surface area contributed by atoms with Crippen molar-refractivity contribution in [1.29, 1.82) is 0 Å². The Kier molecular flexibility index (Phi) is 5.60. The molecule has 0 saturated carbocycles. The Morgan fingerprint density at radius 3 is 2.78 bits per heavy atom. The Labute approximate surface area is 160 Å². The number of hydrogen-bond donors (Lipinski definition) is 1. The number of imidazole rings is 1. The van der Waals surface area contributed by atoms with Crippen molar-refractivity contribution in [2.45, 2.75) is 53.0 Å². The minimum atomic E-state index is -0.0203. The molecule has 27 heavy (non-hydrogen) atoms. The first-order chi connectivity index (χ1) is 12.8. The summed E-state index contributed by atoms with van der Waals surface area (Å²) in [5.41, 5.74) is 2.97. The van der Waals surface area contributed by atoms with Gasteiger partial charge in [0.2, 0.25) is 0 Å². The van der Waals surface area contributed by atoms with Crippen molar-refractivity contribution in [2.75, 3.05) is 25.1 Å². The summed E-state index contributed by atoms with van der Waals surface area (Å²) in [6, 6.07) is 0.